The van der Waals surface area contributed by atoms with Crippen LogP contribution in [0.2, 0.25) is 0 Å². The van der Waals surface area contributed by atoms with Gasteiger partial charge < -0.3 is 124 Å². The molecule has 16 atom stereocenters. The number of fused-ring (bicyclic) bond motifs is 1. The van der Waals surface area contributed by atoms with Gasteiger partial charge in [0.1, 0.15) is 97.4 Å². The second kappa shape index (κ2) is 24.7. The molecule has 16 N–H and O–H groups in total. The minimum atomic E-state index is -2.16. The van der Waals surface area contributed by atoms with E-state index in [1.54, 1.807) is 0 Å². The highest BCUT2D eigenvalue weighted by Crippen LogP contribution is 2.48. The third kappa shape index (κ3) is 13.0. The van der Waals surface area contributed by atoms with E-state index >= 15 is 0 Å². The second-order valence-corrected chi connectivity index (χ2v) is 18.4. The molecule has 8 rings (SSSR count). The average molecular weight is 1110 g/mol. The number of phenolic OH excluding ortho intramolecular Hbond substituents is 6. The van der Waals surface area contributed by atoms with Crippen LogP contribution in [0.5, 0.6) is 51.7 Å². The second-order valence-electron chi connectivity index (χ2n) is 18.4. The number of aromatic hydroxyl groups is 7. The van der Waals surface area contributed by atoms with Crippen molar-refractivity contribution in [3.63, 3.8) is 0 Å². The van der Waals surface area contributed by atoms with E-state index in [9.17, 15) is 86.2 Å². The number of benzene rings is 4. The summed E-state index contributed by atoms with van der Waals surface area (Å²) in [5.74, 6) is -5.31. The molecule has 426 valence electrons. The molecule has 27 nitrogen and oxygen atoms in total. The van der Waals surface area contributed by atoms with E-state index in [0.717, 1.165) is 36.4 Å². The molecule has 1 unspecified atom stereocenters. The molecular weight excluding hydrogens is 1060 g/mol. The fourth-order valence-corrected chi connectivity index (χ4v) is 8.64. The van der Waals surface area contributed by atoms with E-state index < -0.39 is 159 Å². The molecule has 27 heteroatoms. The Balaban J connectivity index is 1.11. The number of hydrogen-bond donors (Lipinski definition) is 15. The minimum Gasteiger partial charge on any atom is -0.571 e. The average Bonchev–Trinajstić information content (AvgIpc) is 3.43. The van der Waals surface area contributed by atoms with Gasteiger partial charge in [0.25, 0.3) is 11.9 Å². The first-order valence-corrected chi connectivity index (χ1v) is 24.0. The molecule has 0 aliphatic carbocycles. The lowest BCUT2D eigenvalue weighted by Gasteiger charge is -2.46. The van der Waals surface area contributed by atoms with Crippen LogP contribution in [0, 0.1) is 0 Å². The summed E-state index contributed by atoms with van der Waals surface area (Å²) in [6.45, 7) is -2.41. The zero-order valence-electron chi connectivity index (χ0n) is 41.2. The van der Waals surface area contributed by atoms with Crippen molar-refractivity contribution >= 4 is 30.2 Å². The van der Waals surface area contributed by atoms with Gasteiger partial charge in [0.15, 0.2) is 52.7 Å². The van der Waals surface area contributed by atoms with E-state index in [1.165, 1.54) is 67.8 Å². The molecule has 4 aromatic carbocycles. The first-order valence-electron chi connectivity index (χ1n) is 24.0. The Morgan fingerprint density at radius 1 is 0.557 bits per heavy atom. The maximum absolute atomic E-state index is 13.0. The Morgan fingerprint density at radius 2 is 1.10 bits per heavy atom. The Morgan fingerprint density at radius 3 is 1.71 bits per heavy atom. The normalized spacial score (nSPS) is 30.7. The molecule has 79 heavy (non-hydrogen) atoms. The number of phenols is 6. The van der Waals surface area contributed by atoms with Crippen LogP contribution in [0.4, 0.5) is 0 Å². The summed E-state index contributed by atoms with van der Waals surface area (Å²) in [4.78, 5) is 25.8. The first-order chi connectivity index (χ1) is 37.6. The zero-order chi connectivity index (χ0) is 57.0. The van der Waals surface area contributed by atoms with Gasteiger partial charge in [-0.2, -0.15) is 0 Å². The van der Waals surface area contributed by atoms with Crippen LogP contribution in [0.25, 0.3) is 18.2 Å². The number of carbonyl (C=O) groups is 2. The van der Waals surface area contributed by atoms with E-state index in [-0.39, 0.29) is 45.4 Å². The quantitative estimate of drug-likeness (QED) is 0.0251. The van der Waals surface area contributed by atoms with E-state index in [0.29, 0.717) is 5.56 Å². The molecule has 0 spiro atoms. The molecule has 0 radical (unpaired) electrons. The molecule has 3 fully saturated rings. The number of methoxy groups -OCH3 is 1. The Labute approximate surface area is 446 Å². The number of carbonyl (C=O) groups excluding carboxylic acids is 2. The molecule has 4 aliphatic heterocycles. The molecule has 0 saturated carbocycles. The molecule has 0 bridgehead atoms. The van der Waals surface area contributed by atoms with E-state index in [1.807, 2.05) is 0 Å². The number of hydrogen-bond acceptors (Lipinski definition) is 26. The predicted molar refractivity (Wildman–Crippen MR) is 262 cm³/mol. The maximum Gasteiger partial charge on any atom is 0.330 e. The van der Waals surface area contributed by atoms with Gasteiger partial charge in [0.2, 0.25) is 12.6 Å². The van der Waals surface area contributed by atoms with Crippen molar-refractivity contribution in [1.29, 1.82) is 0 Å². The van der Waals surface area contributed by atoms with Crippen LogP contribution in [-0.2, 0) is 42.7 Å². The van der Waals surface area contributed by atoms with Crippen molar-refractivity contribution in [2.45, 2.75) is 98.2 Å². The third-order valence-corrected chi connectivity index (χ3v) is 13.0. The first kappa shape index (κ1) is 57.7. The van der Waals surface area contributed by atoms with Crippen molar-refractivity contribution in [2.75, 3.05) is 26.9 Å². The van der Waals surface area contributed by atoms with Gasteiger partial charge in [0, 0.05) is 24.3 Å². The summed E-state index contributed by atoms with van der Waals surface area (Å²) in [5.41, 5.74) is 0.703. The summed E-state index contributed by atoms with van der Waals surface area (Å²) in [6, 6.07) is 13.6. The van der Waals surface area contributed by atoms with Crippen LogP contribution < -0.4 is 9.47 Å². The molecule has 3 saturated heterocycles. The number of aliphatic hydroxyl groups excluding tert-OH is 9. The van der Waals surface area contributed by atoms with Crippen LogP contribution in [0.3, 0.4) is 0 Å². The lowest BCUT2D eigenvalue weighted by molar-refractivity contribution is -0.364. The number of ether oxygens (including phenoxy) is 10. The van der Waals surface area contributed by atoms with Crippen molar-refractivity contribution in [3.8, 4) is 51.7 Å². The van der Waals surface area contributed by atoms with Gasteiger partial charge in [0.05, 0.1) is 25.3 Å². The highest BCUT2D eigenvalue weighted by atomic mass is 16.8. The summed E-state index contributed by atoms with van der Waals surface area (Å²) in [7, 11) is 1.32. The summed E-state index contributed by atoms with van der Waals surface area (Å²) >= 11 is 0. The monoisotopic (exact) mass is 1110 g/mol. The fraction of sp³-hybridized carbons (Fsp3) is 0.385. The highest BCUT2D eigenvalue weighted by molar-refractivity contribution is 5.87. The van der Waals surface area contributed by atoms with Crippen LogP contribution in [-0.4, -0.2) is 212 Å². The SMILES string of the molecule is COc1cc(/C=C/C(=O)OC[C@@H]2O[C@@H](O[C@H]3[C@H](OC4=Cc5c(O[C@@H]6O[C@@H](CO)[C@@H](O)[C@H](O)[C@H]6O)cc(O)cc5[OH+]C4c4ccc(O)c(O)c4)O[C@@H](COC(=O)/C=C/c4ccc(O)c(O)c4)[C@@H](O)[C@H]3O)[C@H](O)[C@H](O)[C@@H]2O)ccc1O. The van der Waals surface area contributed by atoms with Gasteiger partial charge in [-0.25, -0.2) is 9.59 Å². The minimum absolute atomic E-state index is 0.0599. The van der Waals surface area contributed by atoms with Crippen LogP contribution in [0.1, 0.15) is 28.4 Å². The lowest BCUT2D eigenvalue weighted by atomic mass is 9.97. The van der Waals surface area contributed by atoms with Gasteiger partial charge in [-0.05, 0) is 65.7 Å². The Kier molecular flexibility index (Phi) is 18.0. The molecular formula is C52H57O27+. The highest BCUT2D eigenvalue weighted by Gasteiger charge is 2.53. The largest absolute Gasteiger partial charge is 0.571 e. The zero-order valence-corrected chi connectivity index (χ0v) is 41.2. The predicted octanol–water partition coefficient (Wildman–Crippen LogP) is -1.39. The smallest absolute Gasteiger partial charge is 0.330 e. The molecule has 0 aromatic heterocycles. The molecule has 4 aliphatic rings. The van der Waals surface area contributed by atoms with E-state index in [4.69, 9.17) is 42.6 Å². The fourth-order valence-electron chi connectivity index (χ4n) is 8.64. The maximum atomic E-state index is 13.0. The Bertz CT molecular complexity index is 2910. The topological polar surface area (TPSA) is 433 Å². The van der Waals surface area contributed by atoms with Crippen molar-refractivity contribution in [3.05, 3.63) is 107 Å². The van der Waals surface area contributed by atoms with Gasteiger partial charge >= 0.3 is 11.9 Å². The number of rotatable bonds is 17. The van der Waals surface area contributed by atoms with Crippen LogP contribution >= 0.6 is 0 Å². The van der Waals surface area contributed by atoms with Crippen molar-refractivity contribution in [1.82, 2.24) is 0 Å². The third-order valence-electron chi connectivity index (χ3n) is 13.0. The van der Waals surface area contributed by atoms with Gasteiger partial charge in [-0.15, -0.1) is 0 Å². The molecule has 4 aromatic rings. The summed E-state index contributed by atoms with van der Waals surface area (Å²) in [5, 5.41) is 159. The van der Waals surface area contributed by atoms with Gasteiger partial charge in [-0.3, -0.25) is 0 Å². The summed E-state index contributed by atoms with van der Waals surface area (Å²) < 4.78 is 56.3. The summed E-state index contributed by atoms with van der Waals surface area (Å²) in [6.07, 6.45) is -24.4. The lowest BCUT2D eigenvalue weighted by Crippen LogP contribution is -2.64. The Hall–Kier alpha value is -7.48. The van der Waals surface area contributed by atoms with Crippen LogP contribution in [0.15, 0.2) is 84.6 Å². The van der Waals surface area contributed by atoms with Gasteiger partial charge in [-0.1, -0.05) is 12.1 Å². The van der Waals surface area contributed by atoms with Crippen molar-refractivity contribution < 1.29 is 134 Å². The van der Waals surface area contributed by atoms with Crippen molar-refractivity contribution in [2.24, 2.45) is 0 Å². The standard InChI is InChI=1S/C52H56O27/c1-70-33-13-22(3-8-28(33)57)5-11-39(61)71-19-36-41(63)44(66)47(69)51(77-36)79-49-45(67)42(64)37(20-72-38(60)10-4-21-2-7-26(55)29(58)12-21)78-52(49)75-34-17-25-31(73-48(34)23-6-9-27(56)30(59)14-23)15-24(54)16-32(25)74-50-46(68)43(65)40(62)35(18-53)76-50/h2-17,35-37,40-59,62-69H,18-20H2,1H3/p+1/b10-4+,11-5+/t35-,36-,37-,40+,41+,42+,43-,44+,45+,46+,47+,48?,49+,50+,51-,52+/m0/s1. The van der Waals surface area contributed by atoms with E-state index in [2.05, 4.69) is 4.74 Å². The molecule has 0 amide bonds. The number of esters is 2. The number of aliphatic hydroxyl groups is 10. The molecule has 4 heterocycles.